The highest BCUT2D eigenvalue weighted by atomic mass is 16.5. The van der Waals surface area contributed by atoms with Crippen molar-refractivity contribution in [1.29, 1.82) is 0 Å². The van der Waals surface area contributed by atoms with Crippen molar-refractivity contribution in [3.8, 4) is 11.5 Å². The first-order valence-corrected chi connectivity index (χ1v) is 5.96. The largest absolute Gasteiger partial charge is 0.507 e. The summed E-state index contributed by atoms with van der Waals surface area (Å²) in [6, 6.07) is 3.88. The van der Waals surface area contributed by atoms with Crippen molar-refractivity contribution in [2.24, 2.45) is 0 Å². The summed E-state index contributed by atoms with van der Waals surface area (Å²) < 4.78 is 5.53. The monoisotopic (exact) mass is 222 g/mol. The number of aromatic hydroxyl groups is 1. The van der Waals surface area contributed by atoms with Gasteiger partial charge in [-0.2, -0.15) is 0 Å². The minimum absolute atomic E-state index is 0.304. The van der Waals surface area contributed by atoms with Gasteiger partial charge in [0.15, 0.2) is 0 Å². The number of phenols is 1. The van der Waals surface area contributed by atoms with E-state index in [1.165, 1.54) is 0 Å². The van der Waals surface area contributed by atoms with Gasteiger partial charge in [0.05, 0.1) is 6.61 Å². The molecule has 0 aliphatic carbocycles. The van der Waals surface area contributed by atoms with Crippen LogP contribution in [-0.2, 0) is 0 Å². The number of ether oxygens (including phenoxy) is 1. The molecule has 2 heteroatoms. The highest BCUT2D eigenvalue weighted by Gasteiger charge is 2.15. The van der Waals surface area contributed by atoms with E-state index in [-0.39, 0.29) is 0 Å². The van der Waals surface area contributed by atoms with Gasteiger partial charge in [-0.15, -0.1) is 0 Å². The highest BCUT2D eigenvalue weighted by molar-refractivity contribution is 5.49. The second-order valence-electron chi connectivity index (χ2n) is 4.69. The summed E-state index contributed by atoms with van der Waals surface area (Å²) in [4.78, 5) is 0. The summed E-state index contributed by atoms with van der Waals surface area (Å²) in [5.41, 5.74) is 1.93. The number of benzene rings is 1. The molecular weight excluding hydrogens is 200 g/mol. The lowest BCUT2D eigenvalue weighted by molar-refractivity contribution is 0.337. The SMILES string of the molecule is CCOc1cc(C(C)C)c(O)c(C(C)C)c1. The molecule has 2 nitrogen and oxygen atoms in total. The Morgan fingerprint density at radius 1 is 1.06 bits per heavy atom. The van der Waals surface area contributed by atoms with Gasteiger partial charge in [-0.05, 0) is 30.9 Å². The molecule has 0 radical (unpaired) electrons. The molecule has 0 saturated heterocycles. The Balaban J connectivity index is 3.27. The standard InChI is InChI=1S/C14H22O2/c1-6-16-11-7-12(9(2)3)14(15)13(8-11)10(4)5/h7-10,15H,6H2,1-5H3. The molecular formula is C14H22O2. The van der Waals surface area contributed by atoms with Gasteiger partial charge >= 0.3 is 0 Å². The Morgan fingerprint density at radius 2 is 1.50 bits per heavy atom. The van der Waals surface area contributed by atoms with E-state index in [9.17, 15) is 5.11 Å². The Kier molecular flexibility index (Phi) is 4.22. The third kappa shape index (κ3) is 2.69. The van der Waals surface area contributed by atoms with Crippen molar-refractivity contribution >= 4 is 0 Å². The highest BCUT2D eigenvalue weighted by Crippen LogP contribution is 2.37. The fourth-order valence-corrected chi connectivity index (χ4v) is 1.78. The average Bonchev–Trinajstić information content (AvgIpc) is 2.19. The minimum Gasteiger partial charge on any atom is -0.507 e. The van der Waals surface area contributed by atoms with Gasteiger partial charge in [-0.1, -0.05) is 27.7 Å². The van der Waals surface area contributed by atoms with Gasteiger partial charge in [0.1, 0.15) is 11.5 Å². The zero-order valence-electron chi connectivity index (χ0n) is 10.9. The van der Waals surface area contributed by atoms with Crippen LogP contribution in [0.4, 0.5) is 0 Å². The average molecular weight is 222 g/mol. The molecule has 0 saturated carbocycles. The van der Waals surface area contributed by atoms with E-state index in [4.69, 9.17) is 4.74 Å². The Hall–Kier alpha value is -1.18. The van der Waals surface area contributed by atoms with Gasteiger partial charge in [0, 0.05) is 11.1 Å². The molecule has 0 aliphatic rings. The Labute approximate surface area is 98.3 Å². The summed E-state index contributed by atoms with van der Waals surface area (Å²) in [7, 11) is 0. The van der Waals surface area contributed by atoms with Crippen LogP contribution in [0, 0.1) is 0 Å². The first-order valence-electron chi connectivity index (χ1n) is 5.96. The molecule has 0 aliphatic heterocycles. The quantitative estimate of drug-likeness (QED) is 0.833. The molecule has 1 rings (SSSR count). The molecule has 0 atom stereocenters. The molecule has 1 aromatic rings. The van der Waals surface area contributed by atoms with Gasteiger partial charge in [-0.3, -0.25) is 0 Å². The molecule has 0 fully saturated rings. The lowest BCUT2D eigenvalue weighted by atomic mass is 9.93. The van der Waals surface area contributed by atoms with E-state index in [1.54, 1.807) is 0 Å². The molecule has 0 heterocycles. The van der Waals surface area contributed by atoms with E-state index < -0.39 is 0 Å². The third-order valence-electron chi connectivity index (χ3n) is 2.70. The topological polar surface area (TPSA) is 29.5 Å². The van der Waals surface area contributed by atoms with Crippen LogP contribution in [0.2, 0.25) is 0 Å². The van der Waals surface area contributed by atoms with Crippen LogP contribution in [0.25, 0.3) is 0 Å². The van der Waals surface area contributed by atoms with Crippen molar-refractivity contribution in [3.05, 3.63) is 23.3 Å². The first kappa shape index (κ1) is 12.9. The molecule has 16 heavy (non-hydrogen) atoms. The Bertz CT molecular complexity index is 325. The van der Waals surface area contributed by atoms with Gasteiger partial charge in [0.25, 0.3) is 0 Å². The summed E-state index contributed by atoms with van der Waals surface area (Å²) >= 11 is 0. The van der Waals surface area contributed by atoms with E-state index >= 15 is 0 Å². The fourth-order valence-electron chi connectivity index (χ4n) is 1.78. The fraction of sp³-hybridized carbons (Fsp3) is 0.571. The van der Waals surface area contributed by atoms with E-state index in [0.29, 0.717) is 24.2 Å². The van der Waals surface area contributed by atoms with Crippen molar-refractivity contribution in [3.63, 3.8) is 0 Å². The van der Waals surface area contributed by atoms with Crippen LogP contribution in [0.1, 0.15) is 57.6 Å². The molecule has 90 valence electrons. The number of rotatable bonds is 4. The summed E-state index contributed by atoms with van der Waals surface area (Å²) in [5, 5.41) is 10.2. The minimum atomic E-state index is 0.304. The maximum atomic E-state index is 10.2. The Morgan fingerprint density at radius 3 is 1.81 bits per heavy atom. The van der Waals surface area contributed by atoms with Crippen molar-refractivity contribution in [1.82, 2.24) is 0 Å². The van der Waals surface area contributed by atoms with E-state index in [2.05, 4.69) is 27.7 Å². The summed E-state index contributed by atoms with van der Waals surface area (Å²) in [6.45, 7) is 10.9. The summed E-state index contributed by atoms with van der Waals surface area (Å²) in [5.74, 6) is 1.89. The van der Waals surface area contributed by atoms with E-state index in [1.807, 2.05) is 19.1 Å². The number of hydrogen-bond donors (Lipinski definition) is 1. The van der Waals surface area contributed by atoms with E-state index in [0.717, 1.165) is 16.9 Å². The zero-order chi connectivity index (χ0) is 12.3. The number of phenolic OH excluding ortho intramolecular Hbond substituents is 1. The predicted octanol–water partition coefficient (Wildman–Crippen LogP) is 4.04. The van der Waals surface area contributed by atoms with Crippen molar-refractivity contribution in [2.45, 2.75) is 46.5 Å². The normalized spacial score (nSPS) is 11.2. The van der Waals surface area contributed by atoms with Crippen LogP contribution < -0.4 is 4.74 Å². The molecule has 0 aromatic heterocycles. The lowest BCUT2D eigenvalue weighted by Crippen LogP contribution is -1.99. The van der Waals surface area contributed by atoms with Crippen molar-refractivity contribution in [2.75, 3.05) is 6.61 Å². The number of hydrogen-bond acceptors (Lipinski definition) is 2. The zero-order valence-corrected chi connectivity index (χ0v) is 10.9. The summed E-state index contributed by atoms with van der Waals surface area (Å²) in [6.07, 6.45) is 0. The van der Waals surface area contributed by atoms with Crippen LogP contribution in [-0.4, -0.2) is 11.7 Å². The second-order valence-corrected chi connectivity index (χ2v) is 4.69. The second kappa shape index (κ2) is 5.24. The van der Waals surface area contributed by atoms with Crippen LogP contribution in [0.3, 0.4) is 0 Å². The van der Waals surface area contributed by atoms with Crippen molar-refractivity contribution < 1.29 is 9.84 Å². The van der Waals surface area contributed by atoms with Crippen LogP contribution >= 0.6 is 0 Å². The van der Waals surface area contributed by atoms with Crippen LogP contribution in [0.5, 0.6) is 11.5 Å². The molecule has 1 N–H and O–H groups in total. The van der Waals surface area contributed by atoms with Crippen LogP contribution in [0.15, 0.2) is 12.1 Å². The maximum Gasteiger partial charge on any atom is 0.122 e. The third-order valence-corrected chi connectivity index (χ3v) is 2.70. The van der Waals surface area contributed by atoms with Gasteiger partial charge < -0.3 is 9.84 Å². The first-order chi connectivity index (χ1) is 7.47. The molecule has 0 amide bonds. The molecule has 0 bridgehead atoms. The maximum absolute atomic E-state index is 10.2. The van der Waals surface area contributed by atoms with Gasteiger partial charge in [-0.25, -0.2) is 0 Å². The molecule has 0 unspecified atom stereocenters. The lowest BCUT2D eigenvalue weighted by Gasteiger charge is -2.17. The molecule has 1 aromatic carbocycles. The molecule has 0 spiro atoms. The van der Waals surface area contributed by atoms with Gasteiger partial charge in [0.2, 0.25) is 0 Å². The predicted molar refractivity (Wildman–Crippen MR) is 67.5 cm³/mol. The smallest absolute Gasteiger partial charge is 0.122 e.